The van der Waals surface area contributed by atoms with Crippen molar-refractivity contribution < 1.29 is 18.3 Å². The number of nitrogens with zero attached hydrogens (tertiary/aromatic N) is 1. The monoisotopic (exact) mass is 284 g/mol. The first-order valence-corrected chi connectivity index (χ1v) is 6.47. The molecule has 4 nitrogen and oxygen atoms in total. The Labute approximate surface area is 116 Å². The van der Waals surface area contributed by atoms with Crippen LogP contribution in [-0.2, 0) is 4.79 Å². The Morgan fingerprint density at radius 2 is 2.00 bits per heavy atom. The maximum atomic E-state index is 12.2. The molecule has 1 aromatic rings. The predicted molar refractivity (Wildman–Crippen MR) is 70.4 cm³/mol. The van der Waals surface area contributed by atoms with Crippen LogP contribution in [0.2, 0.25) is 0 Å². The highest BCUT2D eigenvalue weighted by Crippen LogP contribution is 2.31. The summed E-state index contributed by atoms with van der Waals surface area (Å²) < 4.78 is 28.5. The van der Waals surface area contributed by atoms with Crippen LogP contribution in [0.15, 0.2) is 24.3 Å². The molecule has 110 valence electrons. The van der Waals surface area contributed by atoms with Gasteiger partial charge in [0.1, 0.15) is 11.9 Å². The number of rotatable bonds is 4. The molecule has 1 amide bonds. The summed E-state index contributed by atoms with van der Waals surface area (Å²) in [5, 5.41) is 3.28. The maximum absolute atomic E-state index is 12.2. The molecule has 1 aliphatic rings. The number of carbonyl (C=O) groups is 1. The third kappa shape index (κ3) is 2.60. The standard InChI is InChI=1S/C14H18F2N2O2/c1-4-14(2)12(19)18(3)11(17-14)9-5-7-10(8-6-9)20-13(15)16/h5-8,11,13,17H,4H2,1-3H3. The zero-order valence-corrected chi connectivity index (χ0v) is 11.7. The normalized spacial score (nSPS) is 26.4. The van der Waals surface area contributed by atoms with E-state index in [1.165, 1.54) is 12.1 Å². The van der Waals surface area contributed by atoms with Gasteiger partial charge in [-0.15, -0.1) is 0 Å². The lowest BCUT2D eigenvalue weighted by molar-refractivity contribution is -0.131. The molecule has 0 spiro atoms. The van der Waals surface area contributed by atoms with Gasteiger partial charge in [-0.05, 0) is 31.0 Å². The van der Waals surface area contributed by atoms with Crippen LogP contribution in [0.25, 0.3) is 0 Å². The molecule has 20 heavy (non-hydrogen) atoms. The van der Waals surface area contributed by atoms with Crippen LogP contribution in [-0.4, -0.2) is 30.0 Å². The Bertz CT molecular complexity index is 492. The van der Waals surface area contributed by atoms with Gasteiger partial charge in [-0.25, -0.2) is 0 Å². The Kier molecular flexibility index (Phi) is 3.94. The Morgan fingerprint density at radius 1 is 1.40 bits per heavy atom. The van der Waals surface area contributed by atoms with Gasteiger partial charge in [-0.3, -0.25) is 10.1 Å². The molecule has 0 bridgehead atoms. The molecule has 1 fully saturated rings. The van der Waals surface area contributed by atoms with E-state index in [0.717, 1.165) is 5.56 Å². The van der Waals surface area contributed by atoms with Crippen molar-refractivity contribution in [2.75, 3.05) is 7.05 Å². The van der Waals surface area contributed by atoms with Crippen molar-refractivity contribution in [3.8, 4) is 5.75 Å². The van der Waals surface area contributed by atoms with Crippen LogP contribution >= 0.6 is 0 Å². The highest BCUT2D eigenvalue weighted by Gasteiger charge is 2.45. The quantitative estimate of drug-likeness (QED) is 0.923. The SMILES string of the molecule is CCC1(C)NC(c2ccc(OC(F)F)cc2)N(C)C1=O. The second-order valence-electron chi connectivity index (χ2n) is 5.10. The summed E-state index contributed by atoms with van der Waals surface area (Å²) in [4.78, 5) is 13.8. The van der Waals surface area contributed by atoms with E-state index in [2.05, 4.69) is 10.1 Å². The molecule has 1 heterocycles. The summed E-state index contributed by atoms with van der Waals surface area (Å²) in [7, 11) is 1.73. The zero-order valence-electron chi connectivity index (χ0n) is 11.7. The van der Waals surface area contributed by atoms with E-state index in [4.69, 9.17) is 0 Å². The molecule has 0 aliphatic carbocycles. The number of nitrogens with one attached hydrogen (secondary N) is 1. The molecule has 2 unspecified atom stereocenters. The van der Waals surface area contributed by atoms with Gasteiger partial charge < -0.3 is 9.64 Å². The molecule has 1 aromatic carbocycles. The Balaban J connectivity index is 2.18. The topological polar surface area (TPSA) is 41.6 Å². The van der Waals surface area contributed by atoms with Gasteiger partial charge in [0.15, 0.2) is 0 Å². The lowest BCUT2D eigenvalue weighted by Gasteiger charge is -2.20. The van der Waals surface area contributed by atoms with Gasteiger partial charge in [0.05, 0.1) is 5.54 Å². The van der Waals surface area contributed by atoms with Gasteiger partial charge in [-0.1, -0.05) is 19.1 Å². The molecule has 2 rings (SSSR count). The van der Waals surface area contributed by atoms with Gasteiger partial charge >= 0.3 is 6.61 Å². The van der Waals surface area contributed by atoms with Crippen LogP contribution < -0.4 is 10.1 Å². The minimum Gasteiger partial charge on any atom is -0.435 e. The fourth-order valence-corrected chi connectivity index (χ4v) is 2.36. The van der Waals surface area contributed by atoms with Crippen LogP contribution in [0.4, 0.5) is 8.78 Å². The molecule has 0 radical (unpaired) electrons. The van der Waals surface area contributed by atoms with Crippen molar-refractivity contribution in [1.29, 1.82) is 0 Å². The second-order valence-corrected chi connectivity index (χ2v) is 5.10. The summed E-state index contributed by atoms with van der Waals surface area (Å²) in [6.07, 6.45) is 0.423. The number of halogens is 2. The molecule has 0 aromatic heterocycles. The molecule has 0 saturated carbocycles. The summed E-state index contributed by atoms with van der Waals surface area (Å²) in [5.41, 5.74) is 0.247. The van der Waals surface area contributed by atoms with Crippen LogP contribution in [0.3, 0.4) is 0 Å². The van der Waals surface area contributed by atoms with Gasteiger partial charge in [-0.2, -0.15) is 8.78 Å². The number of hydrogen-bond acceptors (Lipinski definition) is 3. The first kappa shape index (κ1) is 14.7. The minimum atomic E-state index is -2.84. The fraction of sp³-hybridized carbons (Fsp3) is 0.500. The van der Waals surface area contributed by atoms with Crippen molar-refractivity contribution in [1.82, 2.24) is 10.2 Å². The first-order chi connectivity index (χ1) is 9.37. The number of alkyl halides is 2. The molecule has 1 aliphatic heterocycles. The minimum absolute atomic E-state index is 0.0258. The van der Waals surface area contributed by atoms with Crippen LogP contribution in [0.5, 0.6) is 5.75 Å². The van der Waals surface area contributed by atoms with Gasteiger partial charge in [0.25, 0.3) is 0 Å². The lowest BCUT2D eigenvalue weighted by Crippen LogP contribution is -2.42. The molecule has 2 atom stereocenters. The number of benzene rings is 1. The van der Waals surface area contributed by atoms with Gasteiger partial charge in [0.2, 0.25) is 5.91 Å². The van der Waals surface area contributed by atoms with E-state index in [9.17, 15) is 13.6 Å². The second kappa shape index (κ2) is 5.36. The van der Waals surface area contributed by atoms with Crippen LogP contribution in [0.1, 0.15) is 32.0 Å². The zero-order chi connectivity index (χ0) is 14.9. The predicted octanol–water partition coefficient (Wildman–Crippen LogP) is 2.52. The van der Waals surface area contributed by atoms with E-state index in [-0.39, 0.29) is 17.8 Å². The van der Waals surface area contributed by atoms with Gasteiger partial charge in [0, 0.05) is 7.05 Å². The Morgan fingerprint density at radius 3 is 2.45 bits per heavy atom. The van der Waals surface area contributed by atoms with E-state index >= 15 is 0 Å². The summed E-state index contributed by atoms with van der Waals surface area (Å²) in [5.74, 6) is 0.131. The third-order valence-corrected chi connectivity index (χ3v) is 3.76. The summed E-state index contributed by atoms with van der Waals surface area (Å²) in [6, 6.07) is 6.31. The number of likely N-dealkylation sites (N-methyl/N-ethyl adjacent to an activating group) is 1. The third-order valence-electron chi connectivity index (χ3n) is 3.76. The summed E-state index contributed by atoms with van der Waals surface area (Å²) in [6.45, 7) is 0.971. The lowest BCUT2D eigenvalue weighted by atomic mass is 9.99. The molecule has 1 N–H and O–H groups in total. The highest BCUT2D eigenvalue weighted by molar-refractivity contribution is 5.88. The molecular weight excluding hydrogens is 266 g/mol. The highest BCUT2D eigenvalue weighted by atomic mass is 19.3. The smallest absolute Gasteiger partial charge is 0.387 e. The number of amides is 1. The average Bonchev–Trinajstić information content (AvgIpc) is 2.64. The van der Waals surface area contributed by atoms with E-state index < -0.39 is 12.2 Å². The number of hydrogen-bond donors (Lipinski definition) is 1. The molecule has 6 heteroatoms. The van der Waals surface area contributed by atoms with Crippen molar-refractivity contribution in [3.05, 3.63) is 29.8 Å². The first-order valence-electron chi connectivity index (χ1n) is 6.47. The molecule has 1 saturated heterocycles. The van der Waals surface area contributed by atoms with Crippen molar-refractivity contribution in [2.24, 2.45) is 0 Å². The van der Waals surface area contributed by atoms with E-state index in [1.807, 2.05) is 13.8 Å². The van der Waals surface area contributed by atoms with E-state index in [0.29, 0.717) is 6.42 Å². The van der Waals surface area contributed by atoms with Crippen molar-refractivity contribution in [3.63, 3.8) is 0 Å². The fourth-order valence-electron chi connectivity index (χ4n) is 2.36. The van der Waals surface area contributed by atoms with Crippen LogP contribution in [0, 0.1) is 0 Å². The Hall–Kier alpha value is -1.69. The largest absolute Gasteiger partial charge is 0.435 e. The van der Waals surface area contributed by atoms with E-state index in [1.54, 1.807) is 24.1 Å². The average molecular weight is 284 g/mol. The van der Waals surface area contributed by atoms with Crippen molar-refractivity contribution in [2.45, 2.75) is 38.6 Å². The van der Waals surface area contributed by atoms with Crippen molar-refractivity contribution >= 4 is 5.91 Å². The number of ether oxygens (including phenoxy) is 1. The maximum Gasteiger partial charge on any atom is 0.387 e. The molecular formula is C14H18F2N2O2. The summed E-state index contributed by atoms with van der Waals surface area (Å²) >= 11 is 0. The number of carbonyl (C=O) groups excluding carboxylic acids is 1.